The normalized spacial score (nSPS) is 13.5. The largest absolute Gasteiger partial charge is 0.426 e. The van der Waals surface area contributed by atoms with Crippen molar-refractivity contribution < 1.29 is 28.5 Å². The fourth-order valence-electron chi connectivity index (χ4n) is 6.49. The van der Waals surface area contributed by atoms with Crippen molar-refractivity contribution in [1.29, 1.82) is 0 Å². The fraction of sp³-hybridized carbons (Fsp3) is 0.174. The van der Waals surface area contributed by atoms with Gasteiger partial charge in [-0.1, -0.05) is 182 Å². The molecule has 8 nitrogen and oxygen atoms in total. The van der Waals surface area contributed by atoms with Crippen molar-refractivity contribution in [3.05, 3.63) is 215 Å². The maximum atomic E-state index is 13.8. The van der Waals surface area contributed by atoms with E-state index in [1.54, 1.807) is 0 Å². The van der Waals surface area contributed by atoms with Gasteiger partial charge in [-0.05, 0) is 33.4 Å². The number of carbonyl (C=O) groups excluding carboxylic acids is 2. The molecule has 0 spiro atoms. The molecule has 0 amide bonds. The number of rotatable bonds is 16. The SMILES string of the molecule is NC(C(OCc1ccccc1)OC(=O)C(=O)OC(OCc1ccccc1)C(N)C(c1ccccc1)c1ccccc1)C(c1ccccc1)c1ccccc1. The Bertz CT molecular complexity index is 1770. The number of carbonyl (C=O) groups is 2. The summed E-state index contributed by atoms with van der Waals surface area (Å²) in [6, 6.07) is 55.6. The van der Waals surface area contributed by atoms with Gasteiger partial charge in [0, 0.05) is 11.8 Å². The lowest BCUT2D eigenvalue weighted by molar-refractivity contribution is -0.211. The summed E-state index contributed by atoms with van der Waals surface area (Å²) >= 11 is 0. The average Bonchev–Trinajstić information content (AvgIpc) is 3.23. The van der Waals surface area contributed by atoms with Crippen molar-refractivity contribution in [2.24, 2.45) is 11.5 Å². The molecule has 0 radical (unpaired) electrons. The first-order valence-corrected chi connectivity index (χ1v) is 17.9. The van der Waals surface area contributed by atoms with Crippen molar-refractivity contribution in [1.82, 2.24) is 0 Å². The first kappa shape index (κ1) is 37.8. The molecule has 6 aromatic carbocycles. The second-order valence-electron chi connectivity index (χ2n) is 12.9. The highest BCUT2D eigenvalue weighted by atomic mass is 16.7. The van der Waals surface area contributed by atoms with Crippen molar-refractivity contribution in [2.45, 2.75) is 49.7 Å². The Morgan fingerprint density at radius 1 is 0.389 bits per heavy atom. The first-order chi connectivity index (χ1) is 26.5. The molecule has 0 saturated heterocycles. The Labute approximate surface area is 316 Å². The first-order valence-electron chi connectivity index (χ1n) is 17.9. The van der Waals surface area contributed by atoms with Crippen LogP contribution in [-0.4, -0.2) is 36.6 Å². The van der Waals surface area contributed by atoms with Crippen LogP contribution in [0, 0.1) is 0 Å². The van der Waals surface area contributed by atoms with E-state index < -0.39 is 48.4 Å². The van der Waals surface area contributed by atoms with Crippen molar-refractivity contribution in [3.63, 3.8) is 0 Å². The number of ether oxygens (including phenoxy) is 4. The van der Waals surface area contributed by atoms with E-state index in [-0.39, 0.29) is 13.2 Å². The zero-order valence-corrected chi connectivity index (χ0v) is 29.8. The molecule has 0 saturated carbocycles. The second-order valence-corrected chi connectivity index (χ2v) is 12.9. The molecule has 0 aromatic heterocycles. The Balaban J connectivity index is 1.27. The van der Waals surface area contributed by atoms with Crippen LogP contribution in [0.2, 0.25) is 0 Å². The Hall–Kier alpha value is -5.90. The van der Waals surface area contributed by atoms with Gasteiger partial charge < -0.3 is 30.4 Å². The van der Waals surface area contributed by atoms with Crippen LogP contribution < -0.4 is 11.5 Å². The van der Waals surface area contributed by atoms with E-state index in [4.69, 9.17) is 30.4 Å². The van der Waals surface area contributed by atoms with Gasteiger partial charge in [0.15, 0.2) is 0 Å². The van der Waals surface area contributed by atoms with E-state index in [1.165, 1.54) is 0 Å². The summed E-state index contributed by atoms with van der Waals surface area (Å²) in [5.74, 6) is -3.49. The molecule has 4 atom stereocenters. The number of hydrogen-bond donors (Lipinski definition) is 2. The molecule has 8 heteroatoms. The Kier molecular flexibility index (Phi) is 13.5. The molecule has 0 aliphatic heterocycles. The maximum Gasteiger partial charge on any atom is 0.419 e. The highest BCUT2D eigenvalue weighted by Crippen LogP contribution is 2.32. The maximum absolute atomic E-state index is 13.8. The summed E-state index contributed by atoms with van der Waals surface area (Å²) < 4.78 is 24.1. The molecule has 0 aliphatic rings. The van der Waals surface area contributed by atoms with Crippen LogP contribution in [0.5, 0.6) is 0 Å². The van der Waals surface area contributed by atoms with Crippen LogP contribution in [0.15, 0.2) is 182 Å². The number of esters is 2. The molecular formula is C46H44N2O6. The van der Waals surface area contributed by atoms with Gasteiger partial charge in [-0.2, -0.15) is 0 Å². The molecule has 4 N–H and O–H groups in total. The molecule has 4 unspecified atom stereocenters. The van der Waals surface area contributed by atoms with E-state index >= 15 is 0 Å². The minimum Gasteiger partial charge on any atom is -0.426 e. The van der Waals surface area contributed by atoms with Crippen LogP contribution in [0.1, 0.15) is 45.2 Å². The zero-order valence-electron chi connectivity index (χ0n) is 29.8. The molecule has 274 valence electrons. The molecule has 0 bridgehead atoms. The second kappa shape index (κ2) is 19.3. The molecule has 0 heterocycles. The minimum atomic E-state index is -1.35. The summed E-state index contributed by atoms with van der Waals surface area (Å²) in [5.41, 5.74) is 19.1. The van der Waals surface area contributed by atoms with Crippen LogP contribution in [-0.2, 0) is 41.8 Å². The summed E-state index contributed by atoms with van der Waals surface area (Å²) in [6.07, 6.45) is -2.70. The van der Waals surface area contributed by atoms with Crippen molar-refractivity contribution >= 4 is 11.9 Å². The van der Waals surface area contributed by atoms with E-state index in [0.717, 1.165) is 33.4 Å². The highest BCUT2D eigenvalue weighted by Gasteiger charge is 2.38. The molecule has 6 rings (SSSR count). The van der Waals surface area contributed by atoms with E-state index in [9.17, 15) is 9.59 Å². The molecule has 54 heavy (non-hydrogen) atoms. The number of hydrogen-bond acceptors (Lipinski definition) is 8. The van der Waals surface area contributed by atoms with Crippen LogP contribution >= 0.6 is 0 Å². The molecular weight excluding hydrogens is 677 g/mol. The van der Waals surface area contributed by atoms with Crippen LogP contribution in [0.25, 0.3) is 0 Å². The van der Waals surface area contributed by atoms with Crippen LogP contribution in [0.3, 0.4) is 0 Å². The lowest BCUT2D eigenvalue weighted by Gasteiger charge is -2.32. The Morgan fingerprint density at radius 3 is 0.889 bits per heavy atom. The third-order valence-electron chi connectivity index (χ3n) is 9.16. The van der Waals surface area contributed by atoms with Gasteiger partial charge in [0.05, 0.1) is 25.3 Å². The summed E-state index contributed by atoms with van der Waals surface area (Å²) in [5, 5.41) is 0. The zero-order chi connectivity index (χ0) is 37.5. The minimum absolute atomic E-state index is 0.0708. The average molecular weight is 721 g/mol. The van der Waals surface area contributed by atoms with Crippen LogP contribution in [0.4, 0.5) is 0 Å². The van der Waals surface area contributed by atoms with E-state index in [2.05, 4.69) is 0 Å². The van der Waals surface area contributed by atoms with Crippen molar-refractivity contribution in [2.75, 3.05) is 0 Å². The van der Waals surface area contributed by atoms with Gasteiger partial charge in [-0.15, -0.1) is 0 Å². The third kappa shape index (κ3) is 10.2. The van der Waals surface area contributed by atoms with Gasteiger partial charge >= 0.3 is 11.9 Å². The molecule has 6 aromatic rings. The lowest BCUT2D eigenvalue weighted by atomic mass is 9.85. The molecule has 0 fully saturated rings. The summed E-state index contributed by atoms with van der Waals surface area (Å²) in [7, 11) is 0. The molecule has 0 aliphatic carbocycles. The van der Waals surface area contributed by atoms with Crippen molar-refractivity contribution in [3.8, 4) is 0 Å². The van der Waals surface area contributed by atoms with E-state index in [1.807, 2.05) is 182 Å². The quantitative estimate of drug-likeness (QED) is 0.0600. The standard InChI is InChI=1S/C46H44N2O6/c47-41(39(35-23-11-3-12-24-35)36-25-13-4-14-26-36)45(51-31-33-19-7-1-8-20-33)53-43(49)44(50)54-46(52-32-34-21-9-2-10-22-34)42(48)40(37-27-15-5-16-28-37)38-29-17-6-18-30-38/h1-30,39-42,45-46H,31-32,47-48H2. The fourth-order valence-corrected chi connectivity index (χ4v) is 6.49. The monoisotopic (exact) mass is 720 g/mol. The smallest absolute Gasteiger partial charge is 0.419 e. The van der Waals surface area contributed by atoms with Gasteiger partial charge in [0.1, 0.15) is 0 Å². The summed E-state index contributed by atoms with van der Waals surface area (Å²) in [4.78, 5) is 27.6. The van der Waals surface area contributed by atoms with Gasteiger partial charge in [0.25, 0.3) is 0 Å². The summed E-state index contributed by atoms with van der Waals surface area (Å²) in [6.45, 7) is 0.142. The topological polar surface area (TPSA) is 123 Å². The predicted molar refractivity (Wildman–Crippen MR) is 208 cm³/mol. The van der Waals surface area contributed by atoms with Gasteiger partial charge in [-0.25, -0.2) is 9.59 Å². The highest BCUT2D eigenvalue weighted by molar-refractivity contribution is 6.29. The lowest BCUT2D eigenvalue weighted by Crippen LogP contribution is -2.48. The van der Waals surface area contributed by atoms with Gasteiger partial charge in [-0.3, -0.25) is 0 Å². The third-order valence-corrected chi connectivity index (χ3v) is 9.16. The van der Waals surface area contributed by atoms with Gasteiger partial charge in [0.2, 0.25) is 12.6 Å². The predicted octanol–water partition coefficient (Wildman–Crippen LogP) is 7.48. The Morgan fingerprint density at radius 2 is 0.630 bits per heavy atom. The number of nitrogens with two attached hydrogens (primary N) is 2. The number of benzene rings is 6. The van der Waals surface area contributed by atoms with E-state index in [0.29, 0.717) is 0 Å².